The van der Waals surface area contributed by atoms with Gasteiger partial charge in [-0.2, -0.15) is 0 Å². The van der Waals surface area contributed by atoms with Crippen LogP contribution in [0.25, 0.3) is 10.9 Å². The first-order valence-electron chi connectivity index (χ1n) is 5.86. The molecule has 0 unspecified atom stereocenters. The maximum atomic E-state index is 12.0. The Bertz CT molecular complexity index is 715. The second kappa shape index (κ2) is 4.76. The Morgan fingerprint density at radius 2 is 2.05 bits per heavy atom. The summed E-state index contributed by atoms with van der Waals surface area (Å²) in [5.74, 6) is -0.448. The fourth-order valence-electron chi connectivity index (χ4n) is 2.34. The topological polar surface area (TPSA) is 79.4 Å². The van der Waals surface area contributed by atoms with Gasteiger partial charge in [0, 0.05) is 10.9 Å². The lowest BCUT2D eigenvalue weighted by Crippen LogP contribution is -2.19. The number of benzene rings is 1. The van der Waals surface area contributed by atoms with Crippen molar-refractivity contribution in [1.82, 2.24) is 4.98 Å². The van der Waals surface area contributed by atoms with Gasteiger partial charge in [-0.3, -0.25) is 9.59 Å². The number of aryl methyl sites for hydroxylation is 2. The summed E-state index contributed by atoms with van der Waals surface area (Å²) in [6.45, 7) is 3.68. The molecule has 1 aromatic carbocycles. The molecule has 0 fully saturated rings. The molecule has 0 radical (unpaired) electrons. The molecule has 0 saturated carbocycles. The molecule has 0 aliphatic rings. The van der Waals surface area contributed by atoms with Gasteiger partial charge in [-0.05, 0) is 31.0 Å². The lowest BCUT2D eigenvalue weighted by Gasteiger charge is -2.12. The Morgan fingerprint density at radius 3 is 2.63 bits per heavy atom. The largest absolute Gasteiger partial charge is 0.495 e. The maximum Gasteiger partial charge on any atom is 0.308 e. The summed E-state index contributed by atoms with van der Waals surface area (Å²) < 4.78 is 5.23. The Morgan fingerprint density at radius 1 is 1.37 bits per heavy atom. The van der Waals surface area contributed by atoms with Gasteiger partial charge in [-0.1, -0.05) is 6.07 Å². The van der Waals surface area contributed by atoms with Gasteiger partial charge in [0.1, 0.15) is 5.75 Å². The molecular formula is C14H15NO4. The highest BCUT2D eigenvalue weighted by molar-refractivity contribution is 5.91. The standard InChI is InChI=1S/C14H15NO4/c1-7-4-5-10(19-3)13-12(7)8(2)9(6-11(16)17)14(18)15-13/h4-5H,6H2,1-3H3,(H,15,18)(H,16,17). The zero-order valence-corrected chi connectivity index (χ0v) is 11.0. The number of aromatic nitrogens is 1. The van der Waals surface area contributed by atoms with Gasteiger partial charge >= 0.3 is 5.97 Å². The minimum absolute atomic E-state index is 0.284. The summed E-state index contributed by atoms with van der Waals surface area (Å²) in [6, 6.07) is 3.67. The van der Waals surface area contributed by atoms with Crippen molar-refractivity contribution >= 4 is 16.9 Å². The molecule has 2 rings (SSSR count). The number of carboxylic acid groups (broad SMARTS) is 1. The second-order valence-corrected chi connectivity index (χ2v) is 4.46. The number of ether oxygens (including phenoxy) is 1. The zero-order valence-electron chi connectivity index (χ0n) is 11.0. The van der Waals surface area contributed by atoms with Crippen LogP contribution in [0.4, 0.5) is 0 Å². The number of carboxylic acids is 1. The molecule has 5 nitrogen and oxygen atoms in total. The number of H-pyrrole nitrogens is 1. The number of fused-ring (bicyclic) bond motifs is 1. The third-order valence-corrected chi connectivity index (χ3v) is 3.26. The van der Waals surface area contributed by atoms with Crippen molar-refractivity contribution in [2.75, 3.05) is 7.11 Å². The Balaban J connectivity index is 2.88. The Kier molecular flexibility index (Phi) is 3.29. The summed E-state index contributed by atoms with van der Waals surface area (Å²) in [5.41, 5.74) is 2.18. The third-order valence-electron chi connectivity index (χ3n) is 3.26. The van der Waals surface area contributed by atoms with Crippen molar-refractivity contribution in [1.29, 1.82) is 0 Å². The monoisotopic (exact) mass is 261 g/mol. The molecule has 19 heavy (non-hydrogen) atoms. The van der Waals surface area contributed by atoms with Crippen LogP contribution in [0.5, 0.6) is 5.75 Å². The van der Waals surface area contributed by atoms with E-state index in [2.05, 4.69) is 4.98 Å². The summed E-state index contributed by atoms with van der Waals surface area (Å²) in [4.78, 5) is 25.6. The van der Waals surface area contributed by atoms with Crippen molar-refractivity contribution in [2.45, 2.75) is 20.3 Å². The second-order valence-electron chi connectivity index (χ2n) is 4.46. The SMILES string of the molecule is COc1ccc(C)c2c(C)c(CC(=O)O)c(=O)[nH]c12. The number of rotatable bonds is 3. The molecular weight excluding hydrogens is 246 g/mol. The third kappa shape index (κ3) is 2.19. The average Bonchev–Trinajstić information content (AvgIpc) is 2.34. The minimum atomic E-state index is -1.02. The first-order chi connectivity index (χ1) is 8.95. The molecule has 0 atom stereocenters. The van der Waals surface area contributed by atoms with Gasteiger partial charge in [0.15, 0.2) is 0 Å². The molecule has 2 N–H and O–H groups in total. The van der Waals surface area contributed by atoms with Crippen LogP contribution in [0.15, 0.2) is 16.9 Å². The van der Waals surface area contributed by atoms with Gasteiger partial charge in [-0.25, -0.2) is 0 Å². The lowest BCUT2D eigenvalue weighted by atomic mass is 9.98. The van der Waals surface area contributed by atoms with E-state index in [0.29, 0.717) is 16.8 Å². The van der Waals surface area contributed by atoms with Gasteiger partial charge in [-0.15, -0.1) is 0 Å². The van der Waals surface area contributed by atoms with Crippen LogP contribution < -0.4 is 10.3 Å². The van der Waals surface area contributed by atoms with E-state index in [1.54, 1.807) is 13.0 Å². The van der Waals surface area contributed by atoms with Crippen molar-refractivity contribution in [3.05, 3.63) is 39.2 Å². The van der Waals surface area contributed by atoms with Gasteiger partial charge in [0.25, 0.3) is 5.56 Å². The number of nitrogens with one attached hydrogen (secondary N) is 1. The average molecular weight is 261 g/mol. The lowest BCUT2D eigenvalue weighted by molar-refractivity contribution is -0.136. The molecule has 0 aliphatic heterocycles. The molecule has 100 valence electrons. The number of aliphatic carboxylic acids is 1. The smallest absolute Gasteiger partial charge is 0.308 e. The normalized spacial score (nSPS) is 10.7. The molecule has 0 amide bonds. The number of methoxy groups -OCH3 is 1. The molecule has 0 bridgehead atoms. The highest BCUT2D eigenvalue weighted by atomic mass is 16.5. The minimum Gasteiger partial charge on any atom is -0.495 e. The molecule has 0 saturated heterocycles. The highest BCUT2D eigenvalue weighted by Crippen LogP contribution is 2.29. The van der Waals surface area contributed by atoms with Crippen LogP contribution in [0.3, 0.4) is 0 Å². The molecule has 2 aromatic rings. The predicted octanol–water partition coefficient (Wildman–Crippen LogP) is 1.78. The fourth-order valence-corrected chi connectivity index (χ4v) is 2.34. The van der Waals surface area contributed by atoms with Crippen LogP contribution in [0.1, 0.15) is 16.7 Å². The summed E-state index contributed by atoms with van der Waals surface area (Å²) in [5, 5.41) is 9.72. The van der Waals surface area contributed by atoms with E-state index in [0.717, 1.165) is 10.9 Å². The van der Waals surface area contributed by atoms with Crippen LogP contribution in [-0.4, -0.2) is 23.2 Å². The van der Waals surface area contributed by atoms with E-state index in [-0.39, 0.29) is 17.5 Å². The molecule has 1 heterocycles. The van der Waals surface area contributed by atoms with Crippen LogP contribution in [0.2, 0.25) is 0 Å². The van der Waals surface area contributed by atoms with Gasteiger partial charge < -0.3 is 14.8 Å². The molecule has 5 heteroatoms. The summed E-state index contributed by atoms with van der Waals surface area (Å²) >= 11 is 0. The maximum absolute atomic E-state index is 12.0. The molecule has 1 aromatic heterocycles. The molecule has 0 spiro atoms. The number of carbonyl (C=O) groups is 1. The van der Waals surface area contributed by atoms with Crippen molar-refractivity contribution < 1.29 is 14.6 Å². The number of aromatic amines is 1. The van der Waals surface area contributed by atoms with E-state index < -0.39 is 5.97 Å². The summed E-state index contributed by atoms with van der Waals surface area (Å²) in [6.07, 6.45) is -0.284. The van der Waals surface area contributed by atoms with Gasteiger partial charge in [0.2, 0.25) is 0 Å². The summed E-state index contributed by atoms with van der Waals surface area (Å²) in [7, 11) is 1.53. The van der Waals surface area contributed by atoms with E-state index in [9.17, 15) is 9.59 Å². The number of hydrogen-bond donors (Lipinski definition) is 2. The van der Waals surface area contributed by atoms with E-state index in [1.165, 1.54) is 7.11 Å². The van der Waals surface area contributed by atoms with E-state index in [1.807, 2.05) is 13.0 Å². The van der Waals surface area contributed by atoms with Crippen LogP contribution >= 0.6 is 0 Å². The number of pyridine rings is 1. The van der Waals surface area contributed by atoms with E-state index in [4.69, 9.17) is 9.84 Å². The first-order valence-corrected chi connectivity index (χ1v) is 5.86. The van der Waals surface area contributed by atoms with Gasteiger partial charge in [0.05, 0.1) is 19.0 Å². The van der Waals surface area contributed by atoms with Crippen molar-refractivity contribution in [2.24, 2.45) is 0 Å². The van der Waals surface area contributed by atoms with E-state index >= 15 is 0 Å². The molecule has 0 aliphatic carbocycles. The van der Waals surface area contributed by atoms with Crippen molar-refractivity contribution in [3.8, 4) is 5.75 Å². The van der Waals surface area contributed by atoms with Crippen molar-refractivity contribution in [3.63, 3.8) is 0 Å². The van der Waals surface area contributed by atoms with Crippen LogP contribution in [0, 0.1) is 13.8 Å². The quantitative estimate of drug-likeness (QED) is 0.882. The highest BCUT2D eigenvalue weighted by Gasteiger charge is 2.15. The number of hydrogen-bond acceptors (Lipinski definition) is 3. The predicted molar refractivity (Wildman–Crippen MR) is 71.9 cm³/mol. The Labute approximate surface area is 109 Å². The Hall–Kier alpha value is -2.30. The van der Waals surface area contributed by atoms with Crippen LogP contribution in [-0.2, 0) is 11.2 Å². The zero-order chi connectivity index (χ0) is 14.2. The first kappa shape index (κ1) is 13.1. The fraction of sp³-hybridized carbons (Fsp3) is 0.286.